The molecule has 0 bridgehead atoms. The molecule has 1 spiro atoms. The first kappa shape index (κ1) is 7.00. The number of carbonyl (C=O) groups is 1. The molecule has 1 amide bonds. The molecule has 0 aromatic carbocycles. The largest absolute Gasteiger partial charge is 0.324 e. The minimum atomic E-state index is -0.406. The van der Waals surface area contributed by atoms with Crippen LogP contribution in [0.1, 0.15) is 18.5 Å². The Bertz CT molecular complexity index is 412. The van der Waals surface area contributed by atoms with Crippen molar-refractivity contribution in [1.29, 1.82) is 0 Å². The van der Waals surface area contributed by atoms with Gasteiger partial charge in [-0.2, -0.15) is 0 Å². The van der Waals surface area contributed by atoms with Gasteiger partial charge < -0.3 is 5.32 Å². The number of aromatic nitrogens is 1. The van der Waals surface area contributed by atoms with Gasteiger partial charge in [-0.1, -0.05) is 0 Å². The summed E-state index contributed by atoms with van der Waals surface area (Å²) in [6.45, 7) is 0. The number of carbonyl (C=O) groups excluding carboxylic acids is 1. The van der Waals surface area contributed by atoms with E-state index in [9.17, 15) is 9.18 Å². The van der Waals surface area contributed by atoms with Crippen LogP contribution in [0.5, 0.6) is 0 Å². The first-order valence-corrected chi connectivity index (χ1v) is 4.20. The second-order valence-corrected chi connectivity index (χ2v) is 3.59. The molecule has 0 unspecified atom stereocenters. The van der Waals surface area contributed by atoms with Crippen LogP contribution in [0.4, 0.5) is 10.1 Å². The van der Waals surface area contributed by atoms with Crippen LogP contribution in [0, 0.1) is 5.82 Å². The van der Waals surface area contributed by atoms with Gasteiger partial charge in [-0.25, -0.2) is 4.39 Å². The van der Waals surface area contributed by atoms with E-state index in [0.717, 1.165) is 18.5 Å². The standard InChI is InChI=1S/C9H7FN2O/c10-5-3-6-7(11-4-5)9(1-2-9)8(13)12-6/h3-4H,1-2H2,(H,12,13). The molecule has 1 saturated carbocycles. The van der Waals surface area contributed by atoms with E-state index in [-0.39, 0.29) is 5.91 Å². The Labute approximate surface area is 74.0 Å². The van der Waals surface area contributed by atoms with Gasteiger partial charge in [0.15, 0.2) is 0 Å². The Hall–Kier alpha value is -1.45. The zero-order chi connectivity index (χ0) is 9.05. The van der Waals surface area contributed by atoms with Crippen molar-refractivity contribution in [2.45, 2.75) is 18.3 Å². The van der Waals surface area contributed by atoms with Gasteiger partial charge in [-0.05, 0) is 12.8 Å². The third kappa shape index (κ3) is 0.728. The average molecular weight is 178 g/mol. The van der Waals surface area contributed by atoms with E-state index in [1.165, 1.54) is 12.3 Å². The van der Waals surface area contributed by atoms with Crippen molar-refractivity contribution in [3.8, 4) is 0 Å². The fourth-order valence-corrected chi connectivity index (χ4v) is 1.85. The lowest BCUT2D eigenvalue weighted by atomic mass is 10.0. The number of halogens is 1. The predicted octanol–water partition coefficient (Wildman–Crippen LogP) is 1.20. The van der Waals surface area contributed by atoms with Crippen LogP contribution in [0.3, 0.4) is 0 Å². The maximum atomic E-state index is 12.7. The average Bonchev–Trinajstić information content (AvgIpc) is 2.80. The summed E-state index contributed by atoms with van der Waals surface area (Å²) in [6.07, 6.45) is 2.84. The van der Waals surface area contributed by atoms with E-state index in [1.54, 1.807) is 0 Å². The van der Waals surface area contributed by atoms with E-state index in [0.29, 0.717) is 5.69 Å². The Morgan fingerprint density at radius 1 is 1.54 bits per heavy atom. The molecule has 1 N–H and O–H groups in total. The molecule has 0 radical (unpaired) electrons. The second-order valence-electron chi connectivity index (χ2n) is 3.59. The molecule has 0 atom stereocenters. The highest BCUT2D eigenvalue weighted by molar-refractivity contribution is 6.07. The third-order valence-corrected chi connectivity index (χ3v) is 2.74. The number of hydrogen-bond acceptors (Lipinski definition) is 2. The van der Waals surface area contributed by atoms with Crippen LogP contribution in [-0.2, 0) is 10.2 Å². The molecule has 0 saturated heterocycles. The zero-order valence-electron chi connectivity index (χ0n) is 6.80. The highest BCUT2D eigenvalue weighted by Gasteiger charge is 2.57. The second kappa shape index (κ2) is 1.89. The van der Waals surface area contributed by atoms with E-state index < -0.39 is 11.2 Å². The fourth-order valence-electron chi connectivity index (χ4n) is 1.85. The summed E-state index contributed by atoms with van der Waals surface area (Å²) >= 11 is 0. The Kier molecular flexibility index (Phi) is 1.02. The van der Waals surface area contributed by atoms with Gasteiger partial charge in [0.05, 0.1) is 23.0 Å². The van der Waals surface area contributed by atoms with Crippen molar-refractivity contribution < 1.29 is 9.18 Å². The molecular weight excluding hydrogens is 171 g/mol. The molecular formula is C9H7FN2O. The van der Waals surface area contributed by atoms with Gasteiger partial charge in [0, 0.05) is 6.07 Å². The summed E-state index contributed by atoms with van der Waals surface area (Å²) in [4.78, 5) is 15.4. The van der Waals surface area contributed by atoms with Gasteiger partial charge in [0.2, 0.25) is 5.91 Å². The monoisotopic (exact) mass is 178 g/mol. The maximum Gasteiger partial charge on any atom is 0.236 e. The highest BCUT2D eigenvalue weighted by Crippen LogP contribution is 2.53. The quantitative estimate of drug-likeness (QED) is 0.648. The van der Waals surface area contributed by atoms with Crippen molar-refractivity contribution in [3.63, 3.8) is 0 Å². The molecule has 3 rings (SSSR count). The molecule has 1 aliphatic carbocycles. The molecule has 1 aliphatic heterocycles. The van der Waals surface area contributed by atoms with Crippen molar-refractivity contribution in [2.24, 2.45) is 0 Å². The van der Waals surface area contributed by atoms with Crippen molar-refractivity contribution in [2.75, 3.05) is 5.32 Å². The lowest BCUT2D eigenvalue weighted by Crippen LogP contribution is -2.18. The normalized spacial score (nSPS) is 21.5. The number of nitrogens with zero attached hydrogens (tertiary/aromatic N) is 1. The molecule has 1 aromatic heterocycles. The molecule has 3 nitrogen and oxygen atoms in total. The highest BCUT2D eigenvalue weighted by atomic mass is 19.1. The number of nitrogens with one attached hydrogen (secondary N) is 1. The number of rotatable bonds is 0. The van der Waals surface area contributed by atoms with Gasteiger partial charge in [0.1, 0.15) is 5.82 Å². The van der Waals surface area contributed by atoms with Crippen LogP contribution in [0.15, 0.2) is 12.3 Å². The van der Waals surface area contributed by atoms with E-state index in [1.807, 2.05) is 0 Å². The third-order valence-electron chi connectivity index (χ3n) is 2.74. The van der Waals surface area contributed by atoms with Gasteiger partial charge in [-0.3, -0.25) is 9.78 Å². The summed E-state index contributed by atoms with van der Waals surface area (Å²) in [7, 11) is 0. The summed E-state index contributed by atoms with van der Waals surface area (Å²) in [5.74, 6) is -0.433. The lowest BCUT2D eigenvalue weighted by Gasteiger charge is -2.00. The van der Waals surface area contributed by atoms with Crippen molar-refractivity contribution >= 4 is 11.6 Å². The van der Waals surface area contributed by atoms with Crippen LogP contribution in [0.25, 0.3) is 0 Å². The summed E-state index contributed by atoms with van der Waals surface area (Å²) in [5.41, 5.74) is 0.865. The SMILES string of the molecule is O=C1Nc2cc(F)cnc2C12CC2. The zero-order valence-corrected chi connectivity index (χ0v) is 6.80. The molecule has 66 valence electrons. The maximum absolute atomic E-state index is 12.7. The van der Waals surface area contributed by atoms with Crippen LogP contribution >= 0.6 is 0 Å². The van der Waals surface area contributed by atoms with Crippen molar-refractivity contribution in [1.82, 2.24) is 4.98 Å². The van der Waals surface area contributed by atoms with Crippen LogP contribution in [0.2, 0.25) is 0 Å². The minimum Gasteiger partial charge on any atom is -0.324 e. The molecule has 13 heavy (non-hydrogen) atoms. The topological polar surface area (TPSA) is 42.0 Å². The number of hydrogen-bond donors (Lipinski definition) is 1. The number of anilines is 1. The fraction of sp³-hybridized carbons (Fsp3) is 0.333. The smallest absolute Gasteiger partial charge is 0.236 e. The van der Waals surface area contributed by atoms with E-state index in [2.05, 4.69) is 10.3 Å². The number of fused-ring (bicyclic) bond motifs is 2. The lowest BCUT2D eigenvalue weighted by molar-refractivity contribution is -0.117. The molecule has 4 heteroatoms. The first-order valence-electron chi connectivity index (χ1n) is 4.20. The van der Waals surface area contributed by atoms with Gasteiger partial charge in [0.25, 0.3) is 0 Å². The van der Waals surface area contributed by atoms with Crippen LogP contribution < -0.4 is 5.32 Å². The Morgan fingerprint density at radius 3 is 3.00 bits per heavy atom. The number of amides is 1. The van der Waals surface area contributed by atoms with Gasteiger partial charge in [-0.15, -0.1) is 0 Å². The van der Waals surface area contributed by atoms with Crippen molar-refractivity contribution in [3.05, 3.63) is 23.8 Å². The van der Waals surface area contributed by atoms with E-state index >= 15 is 0 Å². The summed E-state index contributed by atoms with van der Waals surface area (Å²) in [5, 5.41) is 2.65. The van der Waals surface area contributed by atoms with Gasteiger partial charge >= 0.3 is 0 Å². The minimum absolute atomic E-state index is 0.0272. The molecule has 2 aliphatic rings. The van der Waals surface area contributed by atoms with Crippen LogP contribution in [-0.4, -0.2) is 10.9 Å². The molecule has 1 aromatic rings. The number of pyridine rings is 1. The molecule has 1 fully saturated rings. The first-order chi connectivity index (χ1) is 6.22. The summed E-state index contributed by atoms with van der Waals surface area (Å²) < 4.78 is 12.7. The predicted molar refractivity (Wildman–Crippen MR) is 43.7 cm³/mol. The molecule has 2 heterocycles. The Balaban J connectivity index is 2.22. The summed E-state index contributed by atoms with van der Waals surface area (Å²) in [6, 6.07) is 1.33. The van der Waals surface area contributed by atoms with E-state index in [4.69, 9.17) is 0 Å². The Morgan fingerprint density at radius 2 is 2.31 bits per heavy atom.